The Morgan fingerprint density at radius 1 is 0.926 bits per heavy atom. The van der Waals surface area contributed by atoms with Crippen LogP contribution >= 0.6 is 0 Å². The van der Waals surface area contributed by atoms with Gasteiger partial charge in [-0.3, -0.25) is 9.78 Å². The number of benzene rings is 2. The van der Waals surface area contributed by atoms with Gasteiger partial charge >= 0.3 is 0 Å². The number of rotatable bonds is 4. The fourth-order valence-electron chi connectivity index (χ4n) is 2.50. The fourth-order valence-corrected chi connectivity index (χ4v) is 2.50. The van der Waals surface area contributed by atoms with Gasteiger partial charge in [-0.05, 0) is 48.5 Å². The number of phenolic OH excluding ortho intramolecular Hbond substituents is 1. The number of anilines is 1. The number of pyridine rings is 1. The van der Waals surface area contributed by atoms with E-state index in [0.29, 0.717) is 28.3 Å². The summed E-state index contributed by atoms with van der Waals surface area (Å²) in [7, 11) is 0. The Labute approximate surface area is 154 Å². The van der Waals surface area contributed by atoms with E-state index in [9.17, 15) is 9.90 Å². The van der Waals surface area contributed by atoms with Crippen molar-refractivity contribution in [1.82, 2.24) is 15.2 Å². The van der Waals surface area contributed by atoms with Crippen molar-refractivity contribution in [2.45, 2.75) is 0 Å². The van der Waals surface area contributed by atoms with Crippen molar-refractivity contribution >= 4 is 11.6 Å². The maximum absolute atomic E-state index is 12.1. The average Bonchev–Trinajstić information content (AvgIpc) is 3.19. The van der Waals surface area contributed by atoms with E-state index in [-0.39, 0.29) is 17.5 Å². The SMILES string of the molecule is O=C(Nc1ccc(-c2nnc(-c3ccccc3O)o2)cc1)c1cccnc1. The number of amides is 1. The lowest BCUT2D eigenvalue weighted by Crippen LogP contribution is -2.11. The maximum atomic E-state index is 12.1. The Bertz CT molecular complexity index is 1080. The monoisotopic (exact) mass is 358 g/mol. The Hall–Kier alpha value is -4.00. The molecular weight excluding hydrogens is 344 g/mol. The highest BCUT2D eigenvalue weighted by atomic mass is 16.4. The molecule has 27 heavy (non-hydrogen) atoms. The van der Waals surface area contributed by atoms with E-state index in [2.05, 4.69) is 20.5 Å². The van der Waals surface area contributed by atoms with E-state index in [1.165, 1.54) is 6.20 Å². The van der Waals surface area contributed by atoms with Gasteiger partial charge in [-0.2, -0.15) is 0 Å². The Morgan fingerprint density at radius 2 is 1.70 bits per heavy atom. The summed E-state index contributed by atoms with van der Waals surface area (Å²) in [6.07, 6.45) is 3.11. The predicted molar refractivity (Wildman–Crippen MR) is 99.0 cm³/mol. The molecule has 2 aromatic heterocycles. The first kappa shape index (κ1) is 16.5. The molecule has 0 unspecified atom stereocenters. The first-order valence-corrected chi connectivity index (χ1v) is 8.14. The summed E-state index contributed by atoms with van der Waals surface area (Å²) in [5.41, 5.74) is 2.28. The molecule has 0 bridgehead atoms. The first-order valence-electron chi connectivity index (χ1n) is 8.14. The van der Waals surface area contributed by atoms with E-state index in [0.717, 1.165) is 0 Å². The second kappa shape index (κ2) is 7.09. The Kier molecular flexibility index (Phi) is 4.32. The summed E-state index contributed by atoms with van der Waals surface area (Å²) >= 11 is 0. The zero-order valence-electron chi connectivity index (χ0n) is 14.0. The van der Waals surface area contributed by atoms with Gasteiger partial charge in [0.15, 0.2) is 0 Å². The summed E-state index contributed by atoms with van der Waals surface area (Å²) in [6.45, 7) is 0. The zero-order chi connectivity index (χ0) is 18.6. The summed E-state index contributed by atoms with van der Waals surface area (Å²) in [5.74, 6) is 0.382. The number of hydrogen-bond acceptors (Lipinski definition) is 6. The molecule has 0 saturated heterocycles. The van der Waals surface area contributed by atoms with Crippen LogP contribution in [0.5, 0.6) is 5.75 Å². The third-order valence-corrected chi connectivity index (χ3v) is 3.87. The second-order valence-corrected chi connectivity index (χ2v) is 5.70. The minimum atomic E-state index is -0.240. The molecular formula is C20H14N4O3. The van der Waals surface area contributed by atoms with Crippen molar-refractivity contribution < 1.29 is 14.3 Å². The molecule has 7 heteroatoms. The van der Waals surface area contributed by atoms with Gasteiger partial charge < -0.3 is 14.8 Å². The van der Waals surface area contributed by atoms with Crippen LogP contribution in [0.1, 0.15) is 10.4 Å². The maximum Gasteiger partial charge on any atom is 0.257 e. The van der Waals surface area contributed by atoms with Crippen molar-refractivity contribution in [3.63, 3.8) is 0 Å². The Balaban J connectivity index is 1.51. The van der Waals surface area contributed by atoms with Crippen LogP contribution in [0.3, 0.4) is 0 Å². The molecule has 2 heterocycles. The quantitative estimate of drug-likeness (QED) is 0.576. The minimum Gasteiger partial charge on any atom is -0.507 e. The smallest absolute Gasteiger partial charge is 0.257 e. The lowest BCUT2D eigenvalue weighted by Gasteiger charge is -2.05. The topological polar surface area (TPSA) is 101 Å². The van der Waals surface area contributed by atoms with Gasteiger partial charge in [0.1, 0.15) is 5.75 Å². The molecule has 0 radical (unpaired) electrons. The number of carbonyl (C=O) groups is 1. The molecule has 0 aliphatic rings. The van der Waals surface area contributed by atoms with Gasteiger partial charge in [0.05, 0.1) is 11.1 Å². The first-order chi connectivity index (χ1) is 13.2. The van der Waals surface area contributed by atoms with Crippen LogP contribution in [0, 0.1) is 0 Å². The van der Waals surface area contributed by atoms with Gasteiger partial charge in [0.25, 0.3) is 11.8 Å². The average molecular weight is 358 g/mol. The largest absolute Gasteiger partial charge is 0.507 e. The minimum absolute atomic E-state index is 0.0705. The number of phenols is 1. The molecule has 2 aromatic carbocycles. The summed E-state index contributed by atoms with van der Waals surface area (Å²) < 4.78 is 5.65. The lowest BCUT2D eigenvalue weighted by atomic mass is 10.2. The van der Waals surface area contributed by atoms with Crippen LogP contribution in [0.2, 0.25) is 0 Å². The lowest BCUT2D eigenvalue weighted by molar-refractivity contribution is 0.102. The molecule has 4 aromatic rings. The van der Waals surface area contributed by atoms with Crippen LogP contribution in [0.25, 0.3) is 22.9 Å². The molecule has 2 N–H and O–H groups in total. The van der Waals surface area contributed by atoms with E-state index in [1.807, 2.05) is 0 Å². The number of nitrogens with zero attached hydrogens (tertiary/aromatic N) is 3. The third-order valence-electron chi connectivity index (χ3n) is 3.87. The second-order valence-electron chi connectivity index (χ2n) is 5.70. The van der Waals surface area contributed by atoms with Crippen LogP contribution in [0.15, 0.2) is 77.5 Å². The van der Waals surface area contributed by atoms with Crippen LogP contribution in [0.4, 0.5) is 5.69 Å². The zero-order valence-corrected chi connectivity index (χ0v) is 14.0. The standard InChI is InChI=1S/C20H14N4O3/c25-17-6-2-1-5-16(17)20-24-23-19(27-20)13-7-9-15(10-8-13)22-18(26)14-4-3-11-21-12-14/h1-12,25H,(H,22,26). The highest BCUT2D eigenvalue weighted by molar-refractivity contribution is 6.04. The molecule has 0 spiro atoms. The molecule has 4 rings (SSSR count). The van der Waals surface area contributed by atoms with Crippen molar-refractivity contribution in [2.75, 3.05) is 5.32 Å². The molecule has 0 aliphatic carbocycles. The molecule has 0 atom stereocenters. The molecule has 132 valence electrons. The van der Waals surface area contributed by atoms with Crippen molar-refractivity contribution in [2.24, 2.45) is 0 Å². The van der Waals surface area contributed by atoms with Crippen LogP contribution in [-0.4, -0.2) is 26.2 Å². The van der Waals surface area contributed by atoms with E-state index in [4.69, 9.17) is 4.42 Å². The van der Waals surface area contributed by atoms with Gasteiger partial charge in [-0.15, -0.1) is 10.2 Å². The van der Waals surface area contributed by atoms with E-state index in [1.54, 1.807) is 66.9 Å². The summed E-state index contributed by atoms with van der Waals surface area (Å²) in [4.78, 5) is 16.1. The number of carbonyl (C=O) groups excluding carboxylic acids is 1. The van der Waals surface area contributed by atoms with Crippen LogP contribution < -0.4 is 5.32 Å². The van der Waals surface area contributed by atoms with E-state index >= 15 is 0 Å². The molecule has 0 fully saturated rings. The van der Waals surface area contributed by atoms with Gasteiger partial charge in [-0.25, -0.2) is 0 Å². The van der Waals surface area contributed by atoms with Crippen LogP contribution in [-0.2, 0) is 0 Å². The van der Waals surface area contributed by atoms with Crippen molar-refractivity contribution in [3.8, 4) is 28.7 Å². The summed E-state index contributed by atoms with van der Waals surface area (Å²) in [6, 6.07) is 17.2. The number of nitrogens with one attached hydrogen (secondary N) is 1. The highest BCUT2D eigenvalue weighted by Gasteiger charge is 2.13. The highest BCUT2D eigenvalue weighted by Crippen LogP contribution is 2.30. The summed E-state index contributed by atoms with van der Waals surface area (Å²) in [5, 5.41) is 20.7. The van der Waals surface area contributed by atoms with Crippen molar-refractivity contribution in [3.05, 3.63) is 78.6 Å². The van der Waals surface area contributed by atoms with E-state index < -0.39 is 0 Å². The number of hydrogen-bond donors (Lipinski definition) is 2. The normalized spacial score (nSPS) is 10.5. The fraction of sp³-hybridized carbons (Fsp3) is 0. The third kappa shape index (κ3) is 3.52. The Morgan fingerprint density at radius 3 is 2.44 bits per heavy atom. The van der Waals surface area contributed by atoms with Gasteiger partial charge in [0.2, 0.25) is 5.89 Å². The van der Waals surface area contributed by atoms with Gasteiger partial charge in [-0.1, -0.05) is 12.1 Å². The predicted octanol–water partition coefficient (Wildman–Crippen LogP) is 3.76. The molecule has 0 aliphatic heterocycles. The van der Waals surface area contributed by atoms with Gasteiger partial charge in [0, 0.05) is 23.6 Å². The molecule has 0 saturated carbocycles. The number of para-hydroxylation sites is 1. The number of aromatic nitrogens is 3. The number of aromatic hydroxyl groups is 1. The molecule has 7 nitrogen and oxygen atoms in total. The van der Waals surface area contributed by atoms with Crippen molar-refractivity contribution in [1.29, 1.82) is 0 Å². The molecule has 1 amide bonds.